The monoisotopic (exact) mass is 439 g/mol. The number of carbonyl (C=O) groups is 1. The second kappa shape index (κ2) is 8.45. The van der Waals surface area contributed by atoms with Gasteiger partial charge in [-0.05, 0) is 30.9 Å². The van der Waals surface area contributed by atoms with Gasteiger partial charge in [0.2, 0.25) is 11.0 Å². The summed E-state index contributed by atoms with van der Waals surface area (Å²) in [7, 11) is 0. The van der Waals surface area contributed by atoms with Crippen molar-refractivity contribution in [3.8, 4) is 11.1 Å². The summed E-state index contributed by atoms with van der Waals surface area (Å²) in [5, 5.41) is 14.5. The van der Waals surface area contributed by atoms with Gasteiger partial charge in [-0.15, -0.1) is 21.5 Å². The Morgan fingerprint density at radius 1 is 1.17 bits per heavy atom. The number of fused-ring (bicyclic) bond motifs is 1. The maximum absolute atomic E-state index is 13.3. The molecule has 0 aliphatic heterocycles. The zero-order chi connectivity index (χ0) is 21.3. The average molecular weight is 440 g/mol. The van der Waals surface area contributed by atoms with Crippen LogP contribution in [-0.4, -0.2) is 25.7 Å². The molecule has 0 bridgehead atoms. The molecule has 4 rings (SSSR count). The number of aromatic nitrogens is 4. The zero-order valence-electron chi connectivity index (χ0n) is 16.9. The molecule has 1 unspecified atom stereocenters. The Hall–Kier alpha value is -2.91. The Morgan fingerprint density at radius 3 is 2.60 bits per heavy atom. The standard InChI is InChI=1S/C21H21N5O2S2/c1-4-13-6-8-14(9-7-13)15-10-29-19-17(15)20(28)26(11-22-19)12(3)18(27)23-21-25-24-16(5-2)30-21/h6-12H,4-5H2,1-3H3,(H,23,25,27). The fraction of sp³-hybridized carbons (Fsp3) is 0.286. The highest BCUT2D eigenvalue weighted by molar-refractivity contribution is 7.17. The van der Waals surface area contributed by atoms with Gasteiger partial charge in [0.05, 0.1) is 11.7 Å². The molecule has 30 heavy (non-hydrogen) atoms. The number of hydrogen-bond acceptors (Lipinski definition) is 7. The third-order valence-corrected chi connectivity index (χ3v) is 6.86. The Morgan fingerprint density at radius 2 is 1.93 bits per heavy atom. The summed E-state index contributed by atoms with van der Waals surface area (Å²) >= 11 is 2.76. The van der Waals surface area contributed by atoms with E-state index in [0.29, 0.717) is 15.3 Å². The van der Waals surface area contributed by atoms with Crippen molar-refractivity contribution in [3.63, 3.8) is 0 Å². The number of thiophene rings is 1. The van der Waals surface area contributed by atoms with Gasteiger partial charge in [-0.1, -0.05) is 49.4 Å². The Bertz CT molecular complexity index is 1260. The normalized spacial score (nSPS) is 12.2. The quantitative estimate of drug-likeness (QED) is 0.484. The zero-order valence-corrected chi connectivity index (χ0v) is 18.5. The number of rotatable bonds is 6. The molecule has 1 N–H and O–H groups in total. The molecular formula is C21H21N5O2S2. The highest BCUT2D eigenvalue weighted by Crippen LogP contribution is 2.31. The van der Waals surface area contributed by atoms with E-state index < -0.39 is 6.04 Å². The predicted molar refractivity (Wildman–Crippen MR) is 121 cm³/mol. The first-order chi connectivity index (χ1) is 14.5. The van der Waals surface area contributed by atoms with Crippen LogP contribution < -0.4 is 10.9 Å². The molecule has 9 heteroatoms. The number of carbonyl (C=O) groups excluding carboxylic acids is 1. The highest BCUT2D eigenvalue weighted by Gasteiger charge is 2.21. The summed E-state index contributed by atoms with van der Waals surface area (Å²) in [6.07, 6.45) is 3.15. The summed E-state index contributed by atoms with van der Waals surface area (Å²) in [5.41, 5.74) is 2.81. The van der Waals surface area contributed by atoms with Gasteiger partial charge in [0.1, 0.15) is 15.9 Å². The van der Waals surface area contributed by atoms with Crippen LogP contribution in [0.2, 0.25) is 0 Å². The molecule has 0 saturated carbocycles. The molecule has 0 aliphatic carbocycles. The van der Waals surface area contributed by atoms with Crippen LogP contribution in [0.1, 0.15) is 37.4 Å². The first-order valence-electron chi connectivity index (χ1n) is 9.72. The lowest BCUT2D eigenvalue weighted by Gasteiger charge is -2.13. The number of anilines is 1. The van der Waals surface area contributed by atoms with E-state index >= 15 is 0 Å². The van der Waals surface area contributed by atoms with Crippen LogP contribution in [0.25, 0.3) is 21.3 Å². The number of benzene rings is 1. The predicted octanol–water partition coefficient (Wildman–Crippen LogP) is 4.30. The first kappa shape index (κ1) is 20.4. The maximum atomic E-state index is 13.3. The second-order valence-electron chi connectivity index (χ2n) is 6.86. The number of nitrogens with zero attached hydrogens (tertiary/aromatic N) is 4. The van der Waals surface area contributed by atoms with Crippen LogP contribution in [0, 0.1) is 0 Å². The molecule has 0 saturated heterocycles. The van der Waals surface area contributed by atoms with Crippen molar-refractivity contribution in [2.45, 2.75) is 39.7 Å². The Kier molecular flexibility index (Phi) is 5.74. The maximum Gasteiger partial charge on any atom is 0.263 e. The van der Waals surface area contributed by atoms with Gasteiger partial charge in [0.15, 0.2) is 0 Å². The smallest absolute Gasteiger partial charge is 0.263 e. The van der Waals surface area contributed by atoms with Crippen molar-refractivity contribution in [3.05, 3.63) is 56.9 Å². The van der Waals surface area contributed by atoms with E-state index in [-0.39, 0.29) is 11.5 Å². The van der Waals surface area contributed by atoms with Gasteiger partial charge >= 0.3 is 0 Å². The van der Waals surface area contributed by atoms with Gasteiger partial charge < -0.3 is 0 Å². The molecule has 4 aromatic rings. The van der Waals surface area contributed by atoms with Crippen molar-refractivity contribution in [1.29, 1.82) is 0 Å². The van der Waals surface area contributed by atoms with Gasteiger partial charge in [0.25, 0.3) is 5.56 Å². The molecule has 0 radical (unpaired) electrons. The number of hydrogen-bond donors (Lipinski definition) is 1. The van der Waals surface area contributed by atoms with Gasteiger partial charge in [-0.3, -0.25) is 19.5 Å². The minimum absolute atomic E-state index is 0.232. The van der Waals surface area contributed by atoms with Crippen molar-refractivity contribution in [2.24, 2.45) is 0 Å². The van der Waals surface area contributed by atoms with E-state index in [2.05, 4.69) is 39.6 Å². The third-order valence-electron chi connectivity index (χ3n) is 4.99. The first-order valence-corrected chi connectivity index (χ1v) is 11.4. The lowest BCUT2D eigenvalue weighted by molar-refractivity contribution is -0.118. The summed E-state index contributed by atoms with van der Waals surface area (Å²) in [4.78, 5) is 31.1. The number of nitrogens with one attached hydrogen (secondary N) is 1. The van der Waals surface area contributed by atoms with E-state index in [1.165, 1.54) is 39.1 Å². The fourth-order valence-corrected chi connectivity index (χ4v) is 4.73. The molecule has 0 fully saturated rings. The van der Waals surface area contributed by atoms with E-state index in [9.17, 15) is 9.59 Å². The SMILES string of the molecule is CCc1ccc(-c2csc3ncn(C(C)C(=O)Nc4nnc(CC)s4)c(=O)c23)cc1. The van der Waals surface area contributed by atoms with Crippen LogP contribution in [0.5, 0.6) is 0 Å². The van der Waals surface area contributed by atoms with E-state index in [1.54, 1.807) is 6.92 Å². The average Bonchev–Trinajstić information content (AvgIpc) is 3.41. The molecule has 0 aliphatic rings. The van der Waals surface area contributed by atoms with Gasteiger partial charge in [0, 0.05) is 10.9 Å². The van der Waals surface area contributed by atoms with Gasteiger partial charge in [-0.25, -0.2) is 4.98 Å². The molecule has 1 amide bonds. The van der Waals surface area contributed by atoms with Crippen LogP contribution >= 0.6 is 22.7 Å². The molecular weight excluding hydrogens is 418 g/mol. The van der Waals surface area contributed by atoms with Crippen molar-refractivity contribution >= 4 is 43.9 Å². The third kappa shape index (κ3) is 3.78. The highest BCUT2D eigenvalue weighted by atomic mass is 32.1. The fourth-order valence-electron chi connectivity index (χ4n) is 3.14. The van der Waals surface area contributed by atoms with Crippen LogP contribution in [0.4, 0.5) is 5.13 Å². The molecule has 7 nitrogen and oxygen atoms in total. The summed E-state index contributed by atoms with van der Waals surface area (Å²) in [6.45, 7) is 5.76. The molecule has 1 aromatic carbocycles. The molecule has 3 heterocycles. The second-order valence-corrected chi connectivity index (χ2v) is 8.78. The lowest BCUT2D eigenvalue weighted by atomic mass is 10.0. The van der Waals surface area contributed by atoms with E-state index in [1.807, 2.05) is 24.4 Å². The molecule has 0 spiro atoms. The van der Waals surface area contributed by atoms with Crippen molar-refractivity contribution < 1.29 is 4.79 Å². The summed E-state index contributed by atoms with van der Waals surface area (Å²) in [5.74, 6) is -0.332. The Labute approximate surface area is 181 Å². The minimum Gasteiger partial charge on any atom is -0.299 e. The number of aryl methyl sites for hydroxylation is 2. The molecule has 154 valence electrons. The van der Waals surface area contributed by atoms with E-state index in [4.69, 9.17) is 0 Å². The molecule has 1 atom stereocenters. The topological polar surface area (TPSA) is 89.8 Å². The van der Waals surface area contributed by atoms with Crippen LogP contribution in [-0.2, 0) is 17.6 Å². The van der Waals surface area contributed by atoms with Crippen molar-refractivity contribution in [2.75, 3.05) is 5.32 Å². The molecule has 3 aromatic heterocycles. The van der Waals surface area contributed by atoms with Crippen LogP contribution in [0.15, 0.2) is 40.8 Å². The lowest BCUT2D eigenvalue weighted by Crippen LogP contribution is -2.31. The van der Waals surface area contributed by atoms with Crippen LogP contribution in [0.3, 0.4) is 0 Å². The summed E-state index contributed by atoms with van der Waals surface area (Å²) in [6, 6.07) is 7.44. The van der Waals surface area contributed by atoms with Crippen molar-refractivity contribution in [1.82, 2.24) is 19.7 Å². The largest absolute Gasteiger partial charge is 0.299 e. The minimum atomic E-state index is -0.737. The number of amides is 1. The van der Waals surface area contributed by atoms with E-state index in [0.717, 1.165) is 29.0 Å². The Balaban J connectivity index is 1.68. The van der Waals surface area contributed by atoms with Gasteiger partial charge in [-0.2, -0.15) is 0 Å². The summed E-state index contributed by atoms with van der Waals surface area (Å²) < 4.78 is 1.37.